The van der Waals surface area contributed by atoms with Crippen LogP contribution in [-0.2, 0) is 9.53 Å². The van der Waals surface area contributed by atoms with Crippen molar-refractivity contribution in [3.63, 3.8) is 0 Å². The molecule has 0 unspecified atom stereocenters. The Bertz CT molecular complexity index is 792. The summed E-state index contributed by atoms with van der Waals surface area (Å²) in [7, 11) is 3.10. The van der Waals surface area contributed by atoms with Gasteiger partial charge < -0.3 is 24.8 Å². The highest BCUT2D eigenvalue weighted by Crippen LogP contribution is 2.34. The predicted octanol–water partition coefficient (Wildman–Crippen LogP) is 1.92. The number of nitrogens with zero attached hydrogens (tertiary/aromatic N) is 1. The number of hydrogen-bond acceptors (Lipinski definition) is 7. The Morgan fingerprint density at radius 1 is 1.21 bits per heavy atom. The summed E-state index contributed by atoms with van der Waals surface area (Å²) in [5.41, 5.74) is 1.71. The first-order chi connectivity index (χ1) is 14.1. The van der Waals surface area contributed by atoms with Crippen molar-refractivity contribution in [1.29, 1.82) is 0 Å². The van der Waals surface area contributed by atoms with E-state index < -0.39 is 12.0 Å². The predicted molar refractivity (Wildman–Crippen MR) is 111 cm³/mol. The lowest BCUT2D eigenvalue weighted by atomic mass is 9.94. The minimum atomic E-state index is -0.642. The number of urea groups is 1. The first kappa shape index (κ1) is 21.3. The molecule has 158 valence electrons. The summed E-state index contributed by atoms with van der Waals surface area (Å²) >= 11 is 1.91. The largest absolute Gasteiger partial charge is 0.493 e. The number of benzene rings is 1. The van der Waals surface area contributed by atoms with Crippen LogP contribution in [0.4, 0.5) is 4.79 Å². The maximum absolute atomic E-state index is 12.9. The van der Waals surface area contributed by atoms with E-state index in [4.69, 9.17) is 14.2 Å². The number of carbonyl (C=O) groups is 2. The molecule has 8 nitrogen and oxygen atoms in total. The number of esters is 1. The second kappa shape index (κ2) is 9.89. The summed E-state index contributed by atoms with van der Waals surface area (Å²) in [6.07, 6.45) is 0. The van der Waals surface area contributed by atoms with Crippen molar-refractivity contribution >= 4 is 23.8 Å². The maximum Gasteiger partial charge on any atom is 0.338 e. The smallest absolute Gasteiger partial charge is 0.338 e. The van der Waals surface area contributed by atoms with E-state index >= 15 is 0 Å². The fourth-order valence-corrected chi connectivity index (χ4v) is 4.44. The summed E-state index contributed by atoms with van der Waals surface area (Å²) in [6.45, 7) is 4.33. The van der Waals surface area contributed by atoms with Gasteiger partial charge in [-0.3, -0.25) is 4.90 Å². The van der Waals surface area contributed by atoms with Gasteiger partial charge in [-0.1, -0.05) is 6.07 Å². The summed E-state index contributed by atoms with van der Waals surface area (Å²) in [4.78, 5) is 27.5. The molecule has 9 heteroatoms. The number of amides is 2. The molecule has 0 aromatic heterocycles. The summed E-state index contributed by atoms with van der Waals surface area (Å²) < 4.78 is 16.0. The van der Waals surface area contributed by atoms with Crippen LogP contribution in [0.15, 0.2) is 29.5 Å². The fourth-order valence-electron chi connectivity index (χ4n) is 3.46. The third-order valence-corrected chi connectivity index (χ3v) is 5.82. The molecule has 0 radical (unpaired) electrons. The van der Waals surface area contributed by atoms with Gasteiger partial charge in [0.25, 0.3) is 0 Å². The average molecular weight is 422 g/mol. The second-order valence-electron chi connectivity index (χ2n) is 6.65. The van der Waals surface area contributed by atoms with Crippen molar-refractivity contribution < 1.29 is 23.8 Å². The monoisotopic (exact) mass is 421 g/mol. The van der Waals surface area contributed by atoms with E-state index in [1.165, 1.54) is 0 Å². The van der Waals surface area contributed by atoms with Crippen LogP contribution in [0.1, 0.15) is 18.5 Å². The number of thioether (sulfide) groups is 1. The lowest BCUT2D eigenvalue weighted by molar-refractivity contribution is -0.139. The van der Waals surface area contributed by atoms with Gasteiger partial charge >= 0.3 is 12.0 Å². The molecular weight excluding hydrogens is 394 g/mol. The Morgan fingerprint density at radius 2 is 1.93 bits per heavy atom. The maximum atomic E-state index is 12.9. The Kier molecular flexibility index (Phi) is 7.27. The first-order valence-corrected chi connectivity index (χ1v) is 10.7. The van der Waals surface area contributed by atoms with Crippen LogP contribution in [-0.4, -0.2) is 68.9 Å². The lowest BCUT2D eigenvalue weighted by Crippen LogP contribution is -2.49. The molecule has 3 rings (SSSR count). The minimum absolute atomic E-state index is 0.253. The molecule has 1 atom stereocenters. The van der Waals surface area contributed by atoms with E-state index in [2.05, 4.69) is 15.5 Å². The molecule has 2 N–H and O–H groups in total. The van der Waals surface area contributed by atoms with Crippen molar-refractivity contribution in [2.75, 3.05) is 52.0 Å². The number of carbonyl (C=O) groups excluding carboxylic acids is 2. The molecule has 1 aromatic rings. The van der Waals surface area contributed by atoms with E-state index in [1.54, 1.807) is 33.3 Å². The summed E-state index contributed by atoms with van der Waals surface area (Å²) in [6, 6.07) is 4.35. The van der Waals surface area contributed by atoms with Crippen molar-refractivity contribution in [3.8, 4) is 11.5 Å². The van der Waals surface area contributed by atoms with Gasteiger partial charge in [0, 0.05) is 36.8 Å². The Morgan fingerprint density at radius 3 is 2.59 bits per heavy atom. The number of methoxy groups -OCH3 is 2. The molecule has 1 saturated heterocycles. The van der Waals surface area contributed by atoms with Crippen LogP contribution in [0.5, 0.6) is 11.5 Å². The number of rotatable bonds is 7. The van der Waals surface area contributed by atoms with Gasteiger partial charge in [-0.2, -0.15) is 11.8 Å². The van der Waals surface area contributed by atoms with Gasteiger partial charge in [0.05, 0.1) is 32.4 Å². The van der Waals surface area contributed by atoms with Crippen molar-refractivity contribution in [3.05, 3.63) is 35.0 Å². The first-order valence-electron chi connectivity index (χ1n) is 9.57. The number of hydrogen-bond donors (Lipinski definition) is 2. The van der Waals surface area contributed by atoms with Crippen LogP contribution in [0.2, 0.25) is 0 Å². The molecule has 2 amide bonds. The second-order valence-corrected chi connectivity index (χ2v) is 7.87. The molecular formula is C20H27N3O5S. The van der Waals surface area contributed by atoms with Gasteiger partial charge in [0.15, 0.2) is 11.5 Å². The van der Waals surface area contributed by atoms with Crippen molar-refractivity contribution in [2.24, 2.45) is 0 Å². The molecule has 2 aliphatic heterocycles. The molecule has 0 spiro atoms. The normalized spacial score (nSPS) is 20.0. The number of ether oxygens (including phenoxy) is 3. The summed E-state index contributed by atoms with van der Waals surface area (Å²) in [5, 5.41) is 5.68. The number of nitrogens with one attached hydrogen (secondary N) is 2. The SMILES string of the molecule is CCOC(=O)C1=C(CN2CCSCC2)NC(=O)N[C@H]1c1ccc(OC)c(OC)c1. The summed E-state index contributed by atoms with van der Waals surface area (Å²) in [5.74, 6) is 2.72. The third kappa shape index (κ3) is 4.97. The highest BCUT2D eigenvalue weighted by molar-refractivity contribution is 7.99. The molecule has 2 aliphatic rings. The topological polar surface area (TPSA) is 89.1 Å². The molecule has 0 aliphatic carbocycles. The van der Waals surface area contributed by atoms with Crippen LogP contribution >= 0.6 is 11.8 Å². The van der Waals surface area contributed by atoms with E-state index in [0.717, 1.165) is 24.6 Å². The molecule has 1 fully saturated rings. The van der Waals surface area contributed by atoms with Crippen LogP contribution in [0.3, 0.4) is 0 Å². The molecule has 29 heavy (non-hydrogen) atoms. The Hall–Kier alpha value is -2.39. The van der Waals surface area contributed by atoms with E-state index in [9.17, 15) is 9.59 Å². The zero-order valence-corrected chi connectivity index (χ0v) is 17.8. The van der Waals surface area contributed by atoms with Gasteiger partial charge in [-0.05, 0) is 24.6 Å². The Balaban J connectivity index is 2.01. The third-order valence-electron chi connectivity index (χ3n) is 4.88. The molecule has 1 aromatic carbocycles. The van der Waals surface area contributed by atoms with Crippen LogP contribution < -0.4 is 20.1 Å². The van der Waals surface area contributed by atoms with E-state index in [0.29, 0.717) is 34.9 Å². The van der Waals surface area contributed by atoms with Gasteiger partial charge in [0.2, 0.25) is 0 Å². The highest BCUT2D eigenvalue weighted by atomic mass is 32.2. The molecule has 0 bridgehead atoms. The fraction of sp³-hybridized carbons (Fsp3) is 0.500. The van der Waals surface area contributed by atoms with Crippen molar-refractivity contribution in [2.45, 2.75) is 13.0 Å². The van der Waals surface area contributed by atoms with E-state index in [-0.39, 0.29) is 12.6 Å². The van der Waals surface area contributed by atoms with Gasteiger partial charge in [0.1, 0.15) is 0 Å². The average Bonchev–Trinajstić information content (AvgIpc) is 2.73. The Labute approximate surface area is 174 Å². The quantitative estimate of drug-likeness (QED) is 0.650. The van der Waals surface area contributed by atoms with Gasteiger partial charge in [-0.15, -0.1) is 0 Å². The standard InChI is InChI=1S/C20H27N3O5S/c1-4-28-19(24)17-14(12-23-7-9-29-10-8-23)21-20(25)22-18(17)13-5-6-15(26-2)16(11-13)27-3/h5-6,11,18H,4,7-10,12H2,1-3H3,(H2,21,22,25)/t18-/m0/s1. The van der Waals surface area contributed by atoms with Crippen molar-refractivity contribution in [1.82, 2.24) is 15.5 Å². The van der Waals surface area contributed by atoms with E-state index in [1.807, 2.05) is 17.8 Å². The highest BCUT2D eigenvalue weighted by Gasteiger charge is 2.35. The lowest BCUT2D eigenvalue weighted by Gasteiger charge is -2.33. The van der Waals surface area contributed by atoms with Crippen LogP contribution in [0.25, 0.3) is 0 Å². The minimum Gasteiger partial charge on any atom is -0.493 e. The van der Waals surface area contributed by atoms with Crippen LogP contribution in [0, 0.1) is 0 Å². The zero-order valence-electron chi connectivity index (χ0n) is 16.9. The molecule has 0 saturated carbocycles. The zero-order chi connectivity index (χ0) is 20.8. The molecule has 2 heterocycles. The van der Waals surface area contributed by atoms with Gasteiger partial charge in [-0.25, -0.2) is 9.59 Å².